The topological polar surface area (TPSA) is 24.5 Å². The molecule has 2 aliphatic rings. The first-order valence-electron chi connectivity index (χ1n) is 7.94. The second kappa shape index (κ2) is 6.15. The molecular weight excluding hydrogens is 248 g/mol. The van der Waals surface area contributed by atoms with Crippen molar-refractivity contribution < 1.29 is 4.74 Å². The summed E-state index contributed by atoms with van der Waals surface area (Å²) in [5.41, 5.74) is 1.29. The summed E-state index contributed by atoms with van der Waals surface area (Å²) in [6.07, 6.45) is 4.26. The molecule has 1 aliphatic carbocycles. The molecule has 20 heavy (non-hydrogen) atoms. The highest BCUT2D eigenvalue weighted by atomic mass is 16.5. The van der Waals surface area contributed by atoms with Gasteiger partial charge in [-0.1, -0.05) is 18.2 Å². The van der Waals surface area contributed by atoms with Crippen LogP contribution in [-0.2, 0) is 0 Å². The van der Waals surface area contributed by atoms with Crippen LogP contribution >= 0.6 is 0 Å². The van der Waals surface area contributed by atoms with Crippen molar-refractivity contribution in [3.63, 3.8) is 0 Å². The lowest BCUT2D eigenvalue weighted by molar-refractivity contribution is 0.192. The van der Waals surface area contributed by atoms with Gasteiger partial charge in [0, 0.05) is 30.7 Å². The van der Waals surface area contributed by atoms with Gasteiger partial charge in [-0.25, -0.2) is 0 Å². The minimum Gasteiger partial charge on any atom is -0.494 e. The van der Waals surface area contributed by atoms with Crippen LogP contribution in [0.4, 0.5) is 0 Å². The molecule has 1 saturated carbocycles. The van der Waals surface area contributed by atoms with Crippen molar-refractivity contribution in [2.24, 2.45) is 5.92 Å². The number of hydrogen-bond acceptors (Lipinski definition) is 3. The van der Waals surface area contributed by atoms with E-state index in [9.17, 15) is 0 Å². The standard InChI is InChI=1S/C17H26N2O/c1-3-20-17-7-5-4-6-15(17)16(18-2)12-19-11-13-8-9-14(19)10-13/h4-7,13-14,16,18H,3,8-12H2,1-2H3. The van der Waals surface area contributed by atoms with E-state index in [2.05, 4.69) is 41.5 Å². The van der Waals surface area contributed by atoms with E-state index in [1.807, 2.05) is 6.92 Å². The Labute approximate surface area is 122 Å². The van der Waals surface area contributed by atoms with E-state index in [0.29, 0.717) is 6.04 Å². The Morgan fingerprint density at radius 3 is 2.85 bits per heavy atom. The zero-order chi connectivity index (χ0) is 13.9. The van der Waals surface area contributed by atoms with Gasteiger partial charge < -0.3 is 10.1 Å². The van der Waals surface area contributed by atoms with Crippen molar-refractivity contribution in [3.8, 4) is 5.75 Å². The summed E-state index contributed by atoms with van der Waals surface area (Å²) in [4.78, 5) is 2.68. The molecule has 3 heteroatoms. The lowest BCUT2D eigenvalue weighted by atomic mass is 10.0. The summed E-state index contributed by atoms with van der Waals surface area (Å²) >= 11 is 0. The van der Waals surface area contributed by atoms with Gasteiger partial charge in [0.2, 0.25) is 0 Å². The van der Waals surface area contributed by atoms with Crippen LogP contribution < -0.4 is 10.1 Å². The number of para-hydroxylation sites is 1. The predicted molar refractivity (Wildman–Crippen MR) is 82.1 cm³/mol. The Balaban J connectivity index is 1.73. The molecule has 3 nitrogen and oxygen atoms in total. The van der Waals surface area contributed by atoms with E-state index >= 15 is 0 Å². The second-order valence-electron chi connectivity index (χ2n) is 6.10. The van der Waals surface area contributed by atoms with Crippen LogP contribution in [0.15, 0.2) is 24.3 Å². The van der Waals surface area contributed by atoms with E-state index < -0.39 is 0 Å². The molecule has 3 unspecified atom stereocenters. The van der Waals surface area contributed by atoms with Gasteiger partial charge >= 0.3 is 0 Å². The smallest absolute Gasteiger partial charge is 0.124 e. The third-order valence-electron chi connectivity index (χ3n) is 4.88. The first-order chi connectivity index (χ1) is 9.81. The van der Waals surface area contributed by atoms with Gasteiger partial charge in [-0.3, -0.25) is 4.90 Å². The van der Waals surface area contributed by atoms with Gasteiger partial charge in [0.15, 0.2) is 0 Å². The Morgan fingerprint density at radius 2 is 2.20 bits per heavy atom. The molecule has 3 rings (SSSR count). The van der Waals surface area contributed by atoms with Gasteiger partial charge in [0.25, 0.3) is 0 Å². The number of benzene rings is 1. The molecule has 1 heterocycles. The molecule has 0 amide bonds. The molecule has 110 valence electrons. The fraction of sp³-hybridized carbons (Fsp3) is 0.647. The molecule has 1 saturated heterocycles. The number of rotatable bonds is 6. The summed E-state index contributed by atoms with van der Waals surface area (Å²) in [7, 11) is 2.06. The highest BCUT2D eigenvalue weighted by molar-refractivity contribution is 5.36. The molecule has 3 atom stereocenters. The average molecular weight is 274 g/mol. The van der Waals surface area contributed by atoms with E-state index in [4.69, 9.17) is 4.74 Å². The Bertz CT molecular complexity index is 448. The number of nitrogens with zero attached hydrogens (tertiary/aromatic N) is 1. The average Bonchev–Trinajstić information content (AvgIpc) is 3.08. The van der Waals surface area contributed by atoms with Crippen LogP contribution in [0.1, 0.15) is 37.8 Å². The summed E-state index contributed by atoms with van der Waals surface area (Å²) in [5.74, 6) is 1.98. The van der Waals surface area contributed by atoms with E-state index in [-0.39, 0.29) is 0 Å². The van der Waals surface area contributed by atoms with E-state index in [1.54, 1.807) is 0 Å². The predicted octanol–water partition coefficient (Wildman–Crippen LogP) is 2.83. The number of likely N-dealkylation sites (tertiary alicyclic amines) is 1. The van der Waals surface area contributed by atoms with Gasteiger partial charge in [-0.15, -0.1) is 0 Å². The van der Waals surface area contributed by atoms with Gasteiger partial charge in [-0.05, 0) is 45.2 Å². The van der Waals surface area contributed by atoms with Crippen LogP contribution in [0.5, 0.6) is 5.75 Å². The second-order valence-corrected chi connectivity index (χ2v) is 6.10. The SMILES string of the molecule is CCOc1ccccc1C(CN1CC2CCC1C2)NC. The molecule has 2 fully saturated rings. The molecular formula is C17H26N2O. The monoisotopic (exact) mass is 274 g/mol. The summed E-state index contributed by atoms with van der Waals surface area (Å²) in [5, 5.41) is 3.48. The first-order valence-corrected chi connectivity index (χ1v) is 7.94. The summed E-state index contributed by atoms with van der Waals surface area (Å²) in [6.45, 7) is 5.16. The number of hydrogen-bond donors (Lipinski definition) is 1. The van der Waals surface area contributed by atoms with Gasteiger partial charge in [0.05, 0.1) is 6.61 Å². The number of likely N-dealkylation sites (N-methyl/N-ethyl adjacent to an activating group) is 1. The maximum Gasteiger partial charge on any atom is 0.124 e. The lowest BCUT2D eigenvalue weighted by Crippen LogP contribution is -2.38. The third-order valence-corrected chi connectivity index (χ3v) is 4.88. The fourth-order valence-corrected chi connectivity index (χ4v) is 3.89. The normalized spacial score (nSPS) is 26.9. The number of piperidine rings is 1. The fourth-order valence-electron chi connectivity index (χ4n) is 3.89. The quantitative estimate of drug-likeness (QED) is 0.863. The minimum atomic E-state index is 0.358. The van der Waals surface area contributed by atoms with Crippen molar-refractivity contribution >= 4 is 0 Å². The van der Waals surface area contributed by atoms with Gasteiger partial charge in [-0.2, -0.15) is 0 Å². The molecule has 1 aromatic carbocycles. The molecule has 2 bridgehead atoms. The van der Waals surface area contributed by atoms with Crippen LogP contribution in [0.2, 0.25) is 0 Å². The van der Waals surface area contributed by atoms with Crippen molar-refractivity contribution in [3.05, 3.63) is 29.8 Å². The lowest BCUT2D eigenvalue weighted by Gasteiger charge is -2.31. The largest absolute Gasteiger partial charge is 0.494 e. The molecule has 0 spiro atoms. The van der Waals surface area contributed by atoms with Crippen molar-refractivity contribution in [2.75, 3.05) is 26.7 Å². The Kier molecular flexibility index (Phi) is 4.27. The van der Waals surface area contributed by atoms with Crippen LogP contribution in [0.3, 0.4) is 0 Å². The highest BCUT2D eigenvalue weighted by Gasteiger charge is 2.38. The maximum atomic E-state index is 5.79. The third kappa shape index (κ3) is 2.70. The molecule has 1 aliphatic heterocycles. The van der Waals surface area contributed by atoms with Crippen LogP contribution in [-0.4, -0.2) is 37.7 Å². The van der Waals surface area contributed by atoms with Gasteiger partial charge in [0.1, 0.15) is 5.75 Å². The van der Waals surface area contributed by atoms with Crippen molar-refractivity contribution in [1.29, 1.82) is 0 Å². The van der Waals surface area contributed by atoms with E-state index in [1.165, 1.54) is 31.4 Å². The first kappa shape index (κ1) is 13.9. The molecule has 0 radical (unpaired) electrons. The highest BCUT2D eigenvalue weighted by Crippen LogP contribution is 2.38. The number of ether oxygens (including phenoxy) is 1. The number of fused-ring (bicyclic) bond motifs is 2. The van der Waals surface area contributed by atoms with Crippen molar-refractivity contribution in [2.45, 2.75) is 38.3 Å². The van der Waals surface area contributed by atoms with Crippen LogP contribution in [0, 0.1) is 5.92 Å². The minimum absolute atomic E-state index is 0.358. The summed E-state index contributed by atoms with van der Waals surface area (Å²) in [6, 6.07) is 9.63. The van der Waals surface area contributed by atoms with Crippen LogP contribution in [0.25, 0.3) is 0 Å². The molecule has 1 N–H and O–H groups in total. The maximum absolute atomic E-state index is 5.79. The zero-order valence-corrected chi connectivity index (χ0v) is 12.6. The van der Waals surface area contributed by atoms with E-state index in [0.717, 1.165) is 30.9 Å². The molecule has 0 aromatic heterocycles. The zero-order valence-electron chi connectivity index (χ0n) is 12.6. The summed E-state index contributed by atoms with van der Waals surface area (Å²) < 4.78 is 5.79. The van der Waals surface area contributed by atoms with Crippen molar-refractivity contribution in [1.82, 2.24) is 10.2 Å². The Hall–Kier alpha value is -1.06. The molecule has 1 aromatic rings. The Morgan fingerprint density at radius 1 is 1.35 bits per heavy atom. The number of nitrogens with one attached hydrogen (secondary N) is 1.